The van der Waals surface area contributed by atoms with Gasteiger partial charge in [-0.05, 0) is 29.3 Å². The zero-order chi connectivity index (χ0) is 14.7. The van der Waals surface area contributed by atoms with Crippen molar-refractivity contribution in [2.45, 2.75) is 6.42 Å². The van der Waals surface area contributed by atoms with Crippen molar-refractivity contribution in [2.24, 2.45) is 0 Å². The molecule has 1 aliphatic rings. The summed E-state index contributed by atoms with van der Waals surface area (Å²) in [4.78, 5) is 12.3. The Hall–Kier alpha value is -2.86. The van der Waals surface area contributed by atoms with Gasteiger partial charge in [-0.25, -0.2) is 0 Å². The lowest BCUT2D eigenvalue weighted by molar-refractivity contribution is 0.104. The van der Waals surface area contributed by atoms with E-state index in [9.17, 15) is 10.1 Å². The summed E-state index contributed by atoms with van der Waals surface area (Å²) in [5.74, 6) is 0.634. The number of nitrogens with zero attached hydrogens (tertiary/aromatic N) is 1. The highest BCUT2D eigenvalue weighted by molar-refractivity contribution is 6.14. The third-order valence-electron chi connectivity index (χ3n) is 3.43. The predicted molar refractivity (Wildman–Crippen MR) is 80.0 cm³/mol. The van der Waals surface area contributed by atoms with Crippen molar-refractivity contribution in [3.8, 4) is 11.8 Å². The fourth-order valence-corrected chi connectivity index (χ4v) is 2.36. The Morgan fingerprint density at radius 3 is 2.76 bits per heavy atom. The number of hydrogen-bond donors (Lipinski definition) is 0. The molecular weight excluding hydrogens is 262 g/mol. The molecule has 21 heavy (non-hydrogen) atoms. The van der Waals surface area contributed by atoms with Gasteiger partial charge in [0.15, 0.2) is 0 Å². The number of hydrogen-bond acceptors (Lipinski definition) is 3. The zero-order valence-corrected chi connectivity index (χ0v) is 11.4. The normalized spacial score (nSPS) is 13.2. The van der Waals surface area contributed by atoms with Gasteiger partial charge in [-0.15, -0.1) is 0 Å². The first kappa shape index (κ1) is 13.1. The number of benzene rings is 2. The summed E-state index contributed by atoms with van der Waals surface area (Å²) in [6.07, 6.45) is 2.50. The minimum atomic E-state index is -0.255. The molecule has 0 saturated heterocycles. The van der Waals surface area contributed by atoms with Crippen molar-refractivity contribution in [2.75, 3.05) is 6.61 Å². The maximum absolute atomic E-state index is 12.3. The van der Waals surface area contributed by atoms with E-state index in [2.05, 4.69) is 0 Å². The van der Waals surface area contributed by atoms with E-state index in [1.807, 2.05) is 30.3 Å². The first-order valence-corrected chi connectivity index (χ1v) is 6.75. The Kier molecular flexibility index (Phi) is 3.53. The lowest BCUT2D eigenvalue weighted by atomic mass is 10.0. The summed E-state index contributed by atoms with van der Waals surface area (Å²) >= 11 is 0. The van der Waals surface area contributed by atoms with Crippen LogP contribution in [0.15, 0.2) is 54.1 Å². The van der Waals surface area contributed by atoms with Gasteiger partial charge in [-0.1, -0.05) is 36.4 Å². The number of ketones is 1. The molecule has 0 N–H and O–H groups in total. The molecule has 0 amide bonds. The molecule has 0 fully saturated rings. The molecule has 0 saturated carbocycles. The van der Waals surface area contributed by atoms with Crippen LogP contribution < -0.4 is 4.74 Å². The Morgan fingerprint density at radius 2 is 2.00 bits per heavy atom. The number of carbonyl (C=O) groups excluding carboxylic acids is 1. The molecule has 3 nitrogen and oxygen atoms in total. The Morgan fingerprint density at radius 1 is 1.19 bits per heavy atom. The number of fused-ring (bicyclic) bond motifs is 1. The molecule has 2 aromatic carbocycles. The maximum atomic E-state index is 12.3. The second kappa shape index (κ2) is 5.64. The highest BCUT2D eigenvalue weighted by atomic mass is 16.5. The van der Waals surface area contributed by atoms with E-state index in [1.165, 1.54) is 0 Å². The summed E-state index contributed by atoms with van der Waals surface area (Å²) in [6, 6.07) is 16.6. The standard InChI is InChI=1S/C18H13NO2/c19-12-16(18(20)14-4-2-1-3-5-14)11-13-6-7-17-15(10-13)8-9-21-17/h1-7,10-11H,8-9H2. The molecule has 0 aromatic heterocycles. The summed E-state index contributed by atoms with van der Waals surface area (Å²) in [6.45, 7) is 0.691. The minimum Gasteiger partial charge on any atom is -0.493 e. The number of carbonyl (C=O) groups is 1. The van der Waals surface area contributed by atoms with Gasteiger partial charge in [0.1, 0.15) is 17.4 Å². The van der Waals surface area contributed by atoms with E-state index in [4.69, 9.17) is 4.74 Å². The molecule has 0 atom stereocenters. The second-order valence-corrected chi connectivity index (χ2v) is 4.83. The molecule has 0 aliphatic carbocycles. The van der Waals surface area contributed by atoms with Crippen molar-refractivity contribution in [1.82, 2.24) is 0 Å². The predicted octanol–water partition coefficient (Wildman–Crippen LogP) is 3.41. The largest absolute Gasteiger partial charge is 0.493 e. The van der Waals surface area contributed by atoms with Crippen LogP contribution in [0.3, 0.4) is 0 Å². The van der Waals surface area contributed by atoms with Crippen LogP contribution in [0, 0.1) is 11.3 Å². The van der Waals surface area contributed by atoms with Gasteiger partial charge in [0.05, 0.1) is 6.61 Å². The van der Waals surface area contributed by atoms with Gasteiger partial charge in [0.2, 0.25) is 5.78 Å². The van der Waals surface area contributed by atoms with E-state index in [-0.39, 0.29) is 11.4 Å². The fourth-order valence-electron chi connectivity index (χ4n) is 2.36. The minimum absolute atomic E-state index is 0.139. The average Bonchev–Trinajstić information content (AvgIpc) is 3.00. The van der Waals surface area contributed by atoms with E-state index < -0.39 is 0 Å². The van der Waals surface area contributed by atoms with Crippen LogP contribution in [-0.4, -0.2) is 12.4 Å². The first-order valence-electron chi connectivity index (χ1n) is 6.75. The SMILES string of the molecule is N#CC(=Cc1ccc2c(c1)CCO2)C(=O)c1ccccc1. The molecule has 0 spiro atoms. The molecule has 3 rings (SSSR count). The van der Waals surface area contributed by atoms with Crippen LogP contribution in [-0.2, 0) is 6.42 Å². The zero-order valence-electron chi connectivity index (χ0n) is 11.4. The van der Waals surface area contributed by atoms with Crippen molar-refractivity contribution >= 4 is 11.9 Å². The van der Waals surface area contributed by atoms with Crippen molar-refractivity contribution < 1.29 is 9.53 Å². The number of ether oxygens (including phenoxy) is 1. The lowest BCUT2D eigenvalue weighted by Crippen LogP contribution is -2.01. The summed E-state index contributed by atoms with van der Waals surface area (Å²) in [5, 5.41) is 9.25. The van der Waals surface area contributed by atoms with E-state index >= 15 is 0 Å². The second-order valence-electron chi connectivity index (χ2n) is 4.83. The highest BCUT2D eigenvalue weighted by Crippen LogP contribution is 2.26. The molecule has 0 unspecified atom stereocenters. The molecule has 3 heteroatoms. The maximum Gasteiger partial charge on any atom is 0.203 e. The number of Topliss-reactive ketones (excluding diaryl/α,β-unsaturated/α-hetero) is 1. The third-order valence-corrected chi connectivity index (χ3v) is 3.43. The number of allylic oxidation sites excluding steroid dienone is 1. The Bertz CT molecular complexity index is 755. The molecule has 1 aliphatic heterocycles. The number of rotatable bonds is 3. The van der Waals surface area contributed by atoms with Crippen molar-refractivity contribution in [3.05, 3.63) is 70.8 Å². The van der Waals surface area contributed by atoms with E-state index in [0.29, 0.717) is 12.2 Å². The monoisotopic (exact) mass is 275 g/mol. The van der Waals surface area contributed by atoms with Crippen molar-refractivity contribution in [1.29, 1.82) is 5.26 Å². The average molecular weight is 275 g/mol. The number of nitriles is 1. The molecular formula is C18H13NO2. The van der Waals surface area contributed by atoms with Crippen LogP contribution in [0.2, 0.25) is 0 Å². The van der Waals surface area contributed by atoms with Gasteiger partial charge in [0.25, 0.3) is 0 Å². The van der Waals surface area contributed by atoms with Crippen LogP contribution in [0.4, 0.5) is 0 Å². The molecule has 0 radical (unpaired) electrons. The molecule has 1 heterocycles. The summed E-state index contributed by atoms with van der Waals surface area (Å²) in [7, 11) is 0. The third kappa shape index (κ3) is 2.70. The van der Waals surface area contributed by atoms with Crippen molar-refractivity contribution in [3.63, 3.8) is 0 Å². The smallest absolute Gasteiger partial charge is 0.203 e. The fraction of sp³-hybridized carbons (Fsp3) is 0.111. The van der Waals surface area contributed by atoms with Crippen LogP contribution in [0.25, 0.3) is 6.08 Å². The summed E-state index contributed by atoms with van der Waals surface area (Å²) in [5.41, 5.74) is 2.63. The summed E-state index contributed by atoms with van der Waals surface area (Å²) < 4.78 is 5.45. The lowest BCUT2D eigenvalue weighted by Gasteiger charge is -2.02. The molecule has 0 bridgehead atoms. The van der Waals surface area contributed by atoms with Gasteiger partial charge in [0, 0.05) is 12.0 Å². The quantitative estimate of drug-likeness (QED) is 0.490. The van der Waals surface area contributed by atoms with Gasteiger partial charge >= 0.3 is 0 Å². The van der Waals surface area contributed by atoms with E-state index in [0.717, 1.165) is 23.3 Å². The van der Waals surface area contributed by atoms with E-state index in [1.54, 1.807) is 30.3 Å². The van der Waals surface area contributed by atoms with Crippen LogP contribution in [0.1, 0.15) is 21.5 Å². The van der Waals surface area contributed by atoms with Gasteiger partial charge in [-0.3, -0.25) is 4.79 Å². The van der Waals surface area contributed by atoms with Crippen LogP contribution >= 0.6 is 0 Å². The highest BCUT2D eigenvalue weighted by Gasteiger charge is 2.14. The molecule has 102 valence electrons. The Labute approximate surface area is 123 Å². The Balaban J connectivity index is 1.93. The van der Waals surface area contributed by atoms with Crippen LogP contribution in [0.5, 0.6) is 5.75 Å². The van der Waals surface area contributed by atoms with Gasteiger partial charge in [-0.2, -0.15) is 5.26 Å². The van der Waals surface area contributed by atoms with Gasteiger partial charge < -0.3 is 4.74 Å². The molecule has 2 aromatic rings. The first-order chi connectivity index (χ1) is 10.3. The topological polar surface area (TPSA) is 50.1 Å².